The fourth-order valence-electron chi connectivity index (χ4n) is 2.56. The average molecular weight is 274 g/mol. The molecule has 4 nitrogen and oxygen atoms in total. The quantitative estimate of drug-likeness (QED) is 0.791. The summed E-state index contributed by atoms with van der Waals surface area (Å²) < 4.78 is 23.1. The minimum atomic E-state index is -0.663. The van der Waals surface area contributed by atoms with Crippen molar-refractivity contribution in [2.75, 3.05) is 0 Å². The zero-order valence-electron chi connectivity index (χ0n) is 11.6. The molecule has 2 fully saturated rings. The van der Waals surface area contributed by atoms with Crippen molar-refractivity contribution >= 4 is 0 Å². The maximum Gasteiger partial charge on any atom is 0.191 e. The first-order valence-electron chi connectivity index (χ1n) is 6.72. The number of fused-ring (bicyclic) bond motifs is 1. The second kappa shape index (κ2) is 5.19. The summed E-state index contributed by atoms with van der Waals surface area (Å²) in [5, 5.41) is 0. The summed E-state index contributed by atoms with van der Waals surface area (Å²) in [7, 11) is 0. The minimum absolute atomic E-state index is 0.283. The topological polar surface area (TPSA) is 36.9 Å². The second-order valence-corrected chi connectivity index (χ2v) is 5.45. The molecule has 4 heteroatoms. The first kappa shape index (κ1) is 13.6. The molecule has 1 aromatic carbocycles. The van der Waals surface area contributed by atoms with E-state index in [0.717, 1.165) is 5.56 Å². The van der Waals surface area contributed by atoms with Crippen LogP contribution in [0.5, 0.6) is 0 Å². The molecule has 0 radical (unpaired) electrons. The molecule has 4 atom stereocenters. The Morgan fingerprint density at radius 3 is 2.70 bits per heavy atom. The highest BCUT2D eigenvalue weighted by atomic mass is 16.8. The number of hydrogen-bond acceptors (Lipinski definition) is 4. The molecule has 0 aliphatic carbocycles. The van der Waals surface area contributed by atoms with E-state index in [-0.39, 0.29) is 12.2 Å². The van der Waals surface area contributed by atoms with Crippen molar-refractivity contribution < 1.29 is 18.9 Å². The predicted octanol–water partition coefficient (Wildman–Crippen LogP) is 2.08. The molecule has 2 unspecified atom stereocenters. The number of ether oxygens (including phenoxy) is 4. The van der Waals surface area contributed by atoms with Crippen molar-refractivity contribution in [2.45, 2.75) is 50.8 Å². The van der Waals surface area contributed by atoms with Gasteiger partial charge in [-0.3, -0.25) is 0 Å². The first-order valence-corrected chi connectivity index (χ1v) is 6.72. The van der Waals surface area contributed by atoms with Gasteiger partial charge >= 0.3 is 0 Å². The molecular weight excluding hydrogens is 256 g/mol. The molecule has 106 valence electrons. The van der Waals surface area contributed by atoms with Crippen molar-refractivity contribution in [2.24, 2.45) is 0 Å². The molecular formula is C16H18O4. The van der Waals surface area contributed by atoms with Crippen molar-refractivity contribution in [1.82, 2.24) is 0 Å². The van der Waals surface area contributed by atoms with E-state index in [0.29, 0.717) is 6.61 Å². The van der Waals surface area contributed by atoms with E-state index in [1.54, 1.807) is 0 Å². The molecule has 0 bridgehead atoms. The molecule has 2 aliphatic rings. The van der Waals surface area contributed by atoms with Crippen LogP contribution < -0.4 is 0 Å². The lowest BCUT2D eigenvalue weighted by molar-refractivity contribution is -0.211. The van der Waals surface area contributed by atoms with Gasteiger partial charge in [0.15, 0.2) is 12.1 Å². The molecule has 0 amide bonds. The summed E-state index contributed by atoms with van der Waals surface area (Å²) in [4.78, 5) is 0. The normalized spacial score (nSPS) is 34.6. The van der Waals surface area contributed by atoms with Gasteiger partial charge in [0.2, 0.25) is 0 Å². The number of rotatable bonds is 3. The Balaban J connectivity index is 1.69. The fraction of sp³-hybridized carbons (Fsp3) is 0.500. The van der Waals surface area contributed by atoms with Crippen LogP contribution in [0.4, 0.5) is 0 Å². The van der Waals surface area contributed by atoms with E-state index in [1.165, 1.54) is 0 Å². The van der Waals surface area contributed by atoms with Crippen molar-refractivity contribution in [3.05, 3.63) is 35.9 Å². The van der Waals surface area contributed by atoms with Gasteiger partial charge in [-0.1, -0.05) is 36.3 Å². The summed E-state index contributed by atoms with van der Waals surface area (Å²) in [6.07, 6.45) is 4.01. The highest BCUT2D eigenvalue weighted by Gasteiger charge is 2.55. The Morgan fingerprint density at radius 1 is 1.25 bits per heavy atom. The molecule has 0 aromatic heterocycles. The fourth-order valence-corrected chi connectivity index (χ4v) is 2.56. The standard InChI is InChI=1S/C16H18O4/c1-4-12-13(17-10-11-8-6-5-7-9-11)14-15(18-12)20-16(2,3)19-14/h1,5-9,12-15H,10H2,2-3H3/t12-,13?,14?,15-/m1/s1. The van der Waals surface area contributed by atoms with E-state index >= 15 is 0 Å². The smallest absolute Gasteiger partial charge is 0.191 e. The summed E-state index contributed by atoms with van der Waals surface area (Å²) in [6, 6.07) is 9.94. The van der Waals surface area contributed by atoms with Crippen LogP contribution in [0.2, 0.25) is 0 Å². The van der Waals surface area contributed by atoms with Crippen molar-refractivity contribution in [3.63, 3.8) is 0 Å². The van der Waals surface area contributed by atoms with Crippen LogP contribution in [0.3, 0.4) is 0 Å². The molecule has 20 heavy (non-hydrogen) atoms. The zero-order valence-corrected chi connectivity index (χ0v) is 11.6. The molecule has 2 aliphatic heterocycles. The van der Waals surface area contributed by atoms with E-state index in [2.05, 4.69) is 5.92 Å². The number of hydrogen-bond donors (Lipinski definition) is 0. The maximum atomic E-state index is 5.93. The van der Waals surface area contributed by atoms with Crippen LogP contribution >= 0.6 is 0 Å². The molecule has 0 saturated carbocycles. The molecule has 3 rings (SSSR count). The van der Waals surface area contributed by atoms with Gasteiger partial charge in [0.1, 0.15) is 18.3 Å². The largest absolute Gasteiger partial charge is 0.367 e. The number of terminal acetylenes is 1. The van der Waals surface area contributed by atoms with Gasteiger partial charge in [-0.25, -0.2) is 0 Å². The summed E-state index contributed by atoms with van der Waals surface area (Å²) >= 11 is 0. The van der Waals surface area contributed by atoms with E-state index in [1.807, 2.05) is 44.2 Å². The highest BCUT2D eigenvalue weighted by molar-refractivity contribution is 5.14. The van der Waals surface area contributed by atoms with E-state index < -0.39 is 18.2 Å². The van der Waals surface area contributed by atoms with Crippen molar-refractivity contribution in [1.29, 1.82) is 0 Å². The van der Waals surface area contributed by atoms with E-state index in [4.69, 9.17) is 25.4 Å². The van der Waals surface area contributed by atoms with E-state index in [9.17, 15) is 0 Å². The van der Waals surface area contributed by atoms with Crippen molar-refractivity contribution in [3.8, 4) is 12.3 Å². The monoisotopic (exact) mass is 274 g/mol. The Labute approximate surface area is 119 Å². The van der Waals surface area contributed by atoms with Crippen LogP contribution in [-0.2, 0) is 25.6 Å². The SMILES string of the molecule is C#C[C@H]1O[C@@H]2OC(C)(C)OC2C1OCc1ccccc1. The summed E-state index contributed by atoms with van der Waals surface area (Å²) in [6.45, 7) is 4.18. The third-order valence-electron chi connectivity index (χ3n) is 3.44. The van der Waals surface area contributed by atoms with Crippen LogP contribution in [0.15, 0.2) is 30.3 Å². The molecule has 2 heterocycles. The van der Waals surface area contributed by atoms with Gasteiger partial charge in [-0.15, -0.1) is 6.42 Å². The van der Waals surface area contributed by atoms with Gasteiger partial charge in [0, 0.05) is 0 Å². The lowest BCUT2D eigenvalue weighted by atomic mass is 10.1. The molecule has 0 spiro atoms. The molecule has 2 saturated heterocycles. The zero-order chi connectivity index (χ0) is 14.2. The summed E-state index contributed by atoms with van der Waals surface area (Å²) in [5.41, 5.74) is 1.09. The molecule has 0 N–H and O–H groups in total. The lowest BCUT2D eigenvalue weighted by Gasteiger charge is -2.23. The highest BCUT2D eigenvalue weighted by Crippen LogP contribution is 2.38. The Morgan fingerprint density at radius 2 is 2.00 bits per heavy atom. The maximum absolute atomic E-state index is 5.93. The predicted molar refractivity (Wildman–Crippen MR) is 72.6 cm³/mol. The lowest BCUT2D eigenvalue weighted by Crippen LogP contribution is -2.36. The third kappa shape index (κ3) is 2.58. The Bertz CT molecular complexity index is 505. The van der Waals surface area contributed by atoms with Gasteiger partial charge in [-0.05, 0) is 19.4 Å². The summed E-state index contributed by atoms with van der Waals surface area (Å²) in [5.74, 6) is 1.94. The van der Waals surface area contributed by atoms with Gasteiger partial charge in [-0.2, -0.15) is 0 Å². The van der Waals surface area contributed by atoms with Gasteiger partial charge < -0.3 is 18.9 Å². The Hall–Kier alpha value is -1.38. The second-order valence-electron chi connectivity index (χ2n) is 5.45. The Kier molecular flexibility index (Phi) is 3.53. The van der Waals surface area contributed by atoms with Crippen LogP contribution in [0.1, 0.15) is 19.4 Å². The first-order chi connectivity index (χ1) is 9.59. The van der Waals surface area contributed by atoms with Gasteiger partial charge in [0.05, 0.1) is 6.61 Å². The average Bonchev–Trinajstić information content (AvgIpc) is 2.89. The van der Waals surface area contributed by atoms with Crippen LogP contribution in [0, 0.1) is 12.3 Å². The third-order valence-corrected chi connectivity index (χ3v) is 3.44. The van der Waals surface area contributed by atoms with Crippen LogP contribution in [-0.4, -0.2) is 30.4 Å². The van der Waals surface area contributed by atoms with Crippen LogP contribution in [0.25, 0.3) is 0 Å². The van der Waals surface area contributed by atoms with Gasteiger partial charge in [0.25, 0.3) is 0 Å². The minimum Gasteiger partial charge on any atom is -0.367 e. The number of benzene rings is 1. The molecule has 1 aromatic rings.